The maximum absolute atomic E-state index is 6.18. The predicted octanol–water partition coefficient (Wildman–Crippen LogP) is 4.24. The van der Waals surface area contributed by atoms with Crippen LogP contribution >= 0.6 is 23.2 Å². The summed E-state index contributed by atoms with van der Waals surface area (Å²) in [5, 5.41) is 0.650. The molecule has 0 fully saturated rings. The number of rotatable bonds is 5. The van der Waals surface area contributed by atoms with Gasteiger partial charge in [0.1, 0.15) is 11.3 Å². The fraction of sp³-hybridized carbons (Fsp3) is 0.500. The maximum Gasteiger partial charge on any atom is 0.125 e. The summed E-state index contributed by atoms with van der Waals surface area (Å²) >= 11 is 12.2. The topological polar surface area (TPSA) is 27.1 Å². The summed E-state index contributed by atoms with van der Waals surface area (Å²) in [5.41, 5.74) is 1.52. The van der Waals surface area contributed by atoms with Crippen molar-refractivity contribution in [2.24, 2.45) is 0 Å². The van der Waals surface area contributed by atoms with Gasteiger partial charge in [-0.15, -0.1) is 11.6 Å². The molecule has 0 radical (unpaired) electrons. The molecule has 0 aliphatic carbocycles. The highest BCUT2D eigenvalue weighted by atomic mass is 35.5. The van der Waals surface area contributed by atoms with Crippen molar-refractivity contribution in [3.8, 4) is 0 Å². The van der Waals surface area contributed by atoms with Crippen molar-refractivity contribution < 1.29 is 4.74 Å². The zero-order chi connectivity index (χ0) is 14.0. The van der Waals surface area contributed by atoms with Crippen molar-refractivity contribution in [1.82, 2.24) is 9.55 Å². The van der Waals surface area contributed by atoms with Crippen LogP contribution in [-0.4, -0.2) is 21.8 Å². The predicted molar refractivity (Wildman–Crippen MR) is 80.0 cm³/mol. The number of aromatic nitrogens is 2. The van der Waals surface area contributed by atoms with Crippen LogP contribution in [0.15, 0.2) is 18.2 Å². The van der Waals surface area contributed by atoms with E-state index in [0.717, 1.165) is 16.9 Å². The largest absolute Gasteiger partial charge is 0.374 e. The van der Waals surface area contributed by atoms with Gasteiger partial charge in [0.2, 0.25) is 0 Å². The van der Waals surface area contributed by atoms with Gasteiger partial charge >= 0.3 is 0 Å². The van der Waals surface area contributed by atoms with Crippen LogP contribution in [0.2, 0.25) is 5.02 Å². The van der Waals surface area contributed by atoms with Gasteiger partial charge in [-0.1, -0.05) is 17.7 Å². The third-order valence-corrected chi connectivity index (χ3v) is 3.55. The minimum atomic E-state index is -0.272. The molecule has 1 aromatic heterocycles. The molecule has 0 N–H and O–H groups in total. The molecule has 2 rings (SSSR count). The summed E-state index contributed by atoms with van der Waals surface area (Å²) in [5.74, 6) is 1.17. The molecule has 0 bridgehead atoms. The van der Waals surface area contributed by atoms with Crippen LogP contribution in [-0.2, 0) is 17.2 Å². The Hall–Kier alpha value is -0.770. The fourth-order valence-corrected chi connectivity index (χ4v) is 2.67. The van der Waals surface area contributed by atoms with Crippen LogP contribution in [0, 0.1) is 0 Å². The second-order valence-electron chi connectivity index (χ2n) is 5.05. The van der Waals surface area contributed by atoms with Gasteiger partial charge in [-0.05, 0) is 32.9 Å². The van der Waals surface area contributed by atoms with Crippen molar-refractivity contribution in [2.75, 3.05) is 6.61 Å². The lowest BCUT2D eigenvalue weighted by atomic mass is 10.1. The second-order valence-corrected chi connectivity index (χ2v) is 5.72. The third-order valence-electron chi connectivity index (χ3n) is 3.00. The Morgan fingerprint density at radius 3 is 2.74 bits per heavy atom. The van der Waals surface area contributed by atoms with Crippen LogP contribution in [0.3, 0.4) is 0 Å². The molecule has 0 saturated heterocycles. The van der Waals surface area contributed by atoms with Gasteiger partial charge < -0.3 is 9.30 Å². The lowest BCUT2D eigenvalue weighted by Crippen LogP contribution is -2.31. The van der Waals surface area contributed by atoms with Gasteiger partial charge in [-0.2, -0.15) is 0 Å². The van der Waals surface area contributed by atoms with E-state index in [0.29, 0.717) is 24.1 Å². The highest BCUT2D eigenvalue weighted by Gasteiger charge is 2.22. The molecule has 0 aliphatic heterocycles. The molecule has 19 heavy (non-hydrogen) atoms. The molecule has 3 nitrogen and oxygen atoms in total. The summed E-state index contributed by atoms with van der Waals surface area (Å²) in [7, 11) is 0. The number of benzene rings is 1. The molecule has 2 aromatic rings. The van der Waals surface area contributed by atoms with E-state index < -0.39 is 0 Å². The molecule has 0 spiro atoms. The fourth-order valence-electron chi connectivity index (χ4n) is 2.26. The van der Waals surface area contributed by atoms with Crippen molar-refractivity contribution in [3.05, 3.63) is 29.0 Å². The average Bonchev–Trinajstić information content (AvgIpc) is 2.68. The number of halogens is 2. The summed E-state index contributed by atoms with van der Waals surface area (Å²) < 4.78 is 7.84. The monoisotopic (exact) mass is 300 g/mol. The van der Waals surface area contributed by atoms with Gasteiger partial charge in [0, 0.05) is 6.61 Å². The van der Waals surface area contributed by atoms with E-state index in [-0.39, 0.29) is 5.60 Å². The van der Waals surface area contributed by atoms with E-state index in [2.05, 4.69) is 23.4 Å². The normalized spacial score (nSPS) is 12.3. The number of hydrogen-bond acceptors (Lipinski definition) is 2. The molecular weight excluding hydrogens is 283 g/mol. The van der Waals surface area contributed by atoms with Crippen molar-refractivity contribution in [3.63, 3.8) is 0 Å². The molecule has 1 heterocycles. The first-order chi connectivity index (χ1) is 8.98. The van der Waals surface area contributed by atoms with Gasteiger partial charge in [0.25, 0.3) is 0 Å². The minimum absolute atomic E-state index is 0.272. The molecular formula is C14H18Cl2N2O. The van der Waals surface area contributed by atoms with Crippen LogP contribution < -0.4 is 0 Å². The number of nitrogens with zero attached hydrogens (tertiary/aromatic N) is 2. The van der Waals surface area contributed by atoms with E-state index in [1.54, 1.807) is 0 Å². The van der Waals surface area contributed by atoms with E-state index in [9.17, 15) is 0 Å². The molecule has 0 aliphatic rings. The van der Waals surface area contributed by atoms with E-state index in [4.69, 9.17) is 27.9 Å². The van der Waals surface area contributed by atoms with E-state index in [1.165, 1.54) is 0 Å². The highest BCUT2D eigenvalue weighted by molar-refractivity contribution is 6.35. The second kappa shape index (κ2) is 5.70. The molecule has 0 unspecified atom stereocenters. The maximum atomic E-state index is 6.18. The Labute approximate surface area is 123 Å². The number of hydrogen-bond donors (Lipinski definition) is 0. The first-order valence-corrected chi connectivity index (χ1v) is 7.23. The lowest BCUT2D eigenvalue weighted by molar-refractivity contribution is -0.0220. The molecule has 0 amide bonds. The number of para-hydroxylation sites is 1. The summed E-state index contributed by atoms with van der Waals surface area (Å²) in [6.45, 7) is 7.49. The van der Waals surface area contributed by atoms with Crippen molar-refractivity contribution in [1.29, 1.82) is 0 Å². The zero-order valence-electron chi connectivity index (χ0n) is 11.4. The third kappa shape index (κ3) is 3.04. The summed E-state index contributed by atoms with van der Waals surface area (Å²) in [6, 6.07) is 5.77. The van der Waals surface area contributed by atoms with Crippen LogP contribution in [0.1, 0.15) is 26.6 Å². The number of fused-ring (bicyclic) bond motifs is 1. The number of alkyl halides is 1. The highest BCUT2D eigenvalue weighted by Crippen LogP contribution is 2.26. The Balaban J connectivity index is 2.49. The summed E-state index contributed by atoms with van der Waals surface area (Å²) in [4.78, 5) is 4.52. The molecule has 0 saturated carbocycles. The van der Waals surface area contributed by atoms with E-state index in [1.807, 2.05) is 25.1 Å². The van der Waals surface area contributed by atoms with Crippen LogP contribution in [0.25, 0.3) is 11.0 Å². The molecule has 104 valence electrons. The SMILES string of the molecule is CCOC(C)(C)Cn1c(CCl)nc2c(Cl)cccc21. The lowest BCUT2D eigenvalue weighted by Gasteiger charge is -2.26. The smallest absolute Gasteiger partial charge is 0.125 e. The number of ether oxygens (including phenoxy) is 1. The Morgan fingerprint density at radius 1 is 1.37 bits per heavy atom. The quantitative estimate of drug-likeness (QED) is 0.772. The van der Waals surface area contributed by atoms with Gasteiger partial charge in [0.05, 0.1) is 28.6 Å². The first-order valence-electron chi connectivity index (χ1n) is 6.32. The van der Waals surface area contributed by atoms with Crippen molar-refractivity contribution >= 4 is 34.2 Å². The standard InChI is InChI=1S/C14H18Cl2N2O/c1-4-19-14(2,3)9-18-11-7-5-6-10(16)13(11)17-12(18)8-15/h5-7H,4,8-9H2,1-3H3. The Kier molecular flexibility index (Phi) is 4.39. The molecule has 1 aromatic carbocycles. The number of imidazole rings is 1. The minimum Gasteiger partial charge on any atom is -0.374 e. The molecule has 5 heteroatoms. The Bertz CT molecular complexity index is 578. The van der Waals surface area contributed by atoms with Crippen LogP contribution in [0.5, 0.6) is 0 Å². The van der Waals surface area contributed by atoms with Crippen molar-refractivity contribution in [2.45, 2.75) is 38.8 Å². The first kappa shape index (κ1) is 14.6. The van der Waals surface area contributed by atoms with E-state index >= 15 is 0 Å². The molecule has 0 atom stereocenters. The summed E-state index contributed by atoms with van der Waals surface area (Å²) in [6.07, 6.45) is 0. The average molecular weight is 301 g/mol. The zero-order valence-corrected chi connectivity index (χ0v) is 12.9. The van der Waals surface area contributed by atoms with Gasteiger partial charge in [-0.25, -0.2) is 4.98 Å². The van der Waals surface area contributed by atoms with Gasteiger partial charge in [-0.3, -0.25) is 0 Å². The van der Waals surface area contributed by atoms with Crippen LogP contribution in [0.4, 0.5) is 0 Å². The Morgan fingerprint density at radius 2 is 2.11 bits per heavy atom. The van der Waals surface area contributed by atoms with Gasteiger partial charge in [0.15, 0.2) is 0 Å².